The minimum absolute atomic E-state index is 0.0686. The summed E-state index contributed by atoms with van der Waals surface area (Å²) in [5, 5.41) is 16.4. The molecule has 3 rings (SSSR count). The molecule has 0 bridgehead atoms. The molecule has 2 fully saturated rings. The molecule has 134 valence electrons. The number of piperidine rings is 1. The Morgan fingerprint density at radius 1 is 1.46 bits per heavy atom. The fourth-order valence-corrected chi connectivity index (χ4v) is 5.15. The predicted molar refractivity (Wildman–Crippen MR) is 98.1 cm³/mol. The molecule has 5 heteroatoms. The fraction of sp³-hybridized carbons (Fsp3) is 0.737. The van der Waals surface area contributed by atoms with E-state index in [1.165, 1.54) is 4.88 Å². The molecule has 2 N–H and O–H groups in total. The van der Waals surface area contributed by atoms with Gasteiger partial charge in [-0.05, 0) is 50.6 Å². The zero-order valence-electron chi connectivity index (χ0n) is 14.8. The van der Waals surface area contributed by atoms with E-state index in [0.717, 1.165) is 45.2 Å². The van der Waals surface area contributed by atoms with Crippen LogP contribution in [0.3, 0.4) is 0 Å². The minimum atomic E-state index is -0.868. The van der Waals surface area contributed by atoms with E-state index in [0.29, 0.717) is 6.42 Å². The molecule has 0 unspecified atom stereocenters. The lowest BCUT2D eigenvalue weighted by Crippen LogP contribution is -2.62. The number of hydrogen-bond acceptors (Lipinski definition) is 4. The van der Waals surface area contributed by atoms with Crippen molar-refractivity contribution in [2.75, 3.05) is 13.1 Å². The van der Waals surface area contributed by atoms with E-state index >= 15 is 0 Å². The number of amides is 1. The third-order valence-electron chi connectivity index (χ3n) is 5.65. The van der Waals surface area contributed by atoms with Crippen LogP contribution in [0.15, 0.2) is 17.5 Å². The summed E-state index contributed by atoms with van der Waals surface area (Å²) in [6, 6.07) is 4.01. The average molecular weight is 351 g/mol. The number of likely N-dealkylation sites (tertiary alicyclic amines) is 1. The summed E-state index contributed by atoms with van der Waals surface area (Å²) in [4.78, 5) is 16.4. The van der Waals surface area contributed by atoms with Gasteiger partial charge in [0.2, 0.25) is 5.91 Å². The quantitative estimate of drug-likeness (QED) is 0.856. The zero-order chi connectivity index (χ0) is 17.2. The summed E-state index contributed by atoms with van der Waals surface area (Å²) < 4.78 is 0. The van der Waals surface area contributed by atoms with Crippen molar-refractivity contribution in [3.8, 4) is 0 Å². The van der Waals surface area contributed by atoms with Gasteiger partial charge in [-0.3, -0.25) is 9.69 Å². The number of nitrogens with one attached hydrogen (secondary N) is 1. The van der Waals surface area contributed by atoms with Crippen LogP contribution in [0.1, 0.15) is 63.3 Å². The Morgan fingerprint density at radius 2 is 2.21 bits per heavy atom. The lowest BCUT2D eigenvalue weighted by molar-refractivity contribution is -0.132. The first kappa shape index (κ1) is 17.9. The van der Waals surface area contributed by atoms with Gasteiger partial charge in [0.1, 0.15) is 0 Å². The molecule has 0 aromatic carbocycles. The highest BCUT2D eigenvalue weighted by Crippen LogP contribution is 2.39. The van der Waals surface area contributed by atoms with Gasteiger partial charge < -0.3 is 10.4 Å². The minimum Gasteiger partial charge on any atom is -0.388 e. The van der Waals surface area contributed by atoms with Gasteiger partial charge in [0.05, 0.1) is 17.7 Å². The van der Waals surface area contributed by atoms with E-state index in [9.17, 15) is 9.90 Å². The first-order valence-electron chi connectivity index (χ1n) is 9.33. The highest BCUT2D eigenvalue weighted by Gasteiger charge is 2.46. The summed E-state index contributed by atoms with van der Waals surface area (Å²) in [7, 11) is 0. The second-order valence-electron chi connectivity index (χ2n) is 7.57. The molecular weight excluding hydrogens is 320 g/mol. The van der Waals surface area contributed by atoms with Crippen molar-refractivity contribution in [3.63, 3.8) is 0 Å². The zero-order valence-corrected chi connectivity index (χ0v) is 15.6. The van der Waals surface area contributed by atoms with E-state index in [-0.39, 0.29) is 23.9 Å². The van der Waals surface area contributed by atoms with E-state index in [1.807, 2.05) is 6.92 Å². The van der Waals surface area contributed by atoms with Crippen LogP contribution < -0.4 is 5.32 Å². The van der Waals surface area contributed by atoms with Crippen LogP contribution in [0.5, 0.6) is 0 Å². The fourth-order valence-electron chi connectivity index (χ4n) is 4.25. The van der Waals surface area contributed by atoms with Gasteiger partial charge in [0.15, 0.2) is 0 Å². The van der Waals surface area contributed by atoms with Crippen molar-refractivity contribution in [3.05, 3.63) is 22.4 Å². The van der Waals surface area contributed by atoms with Gasteiger partial charge in [-0.1, -0.05) is 25.8 Å². The molecule has 0 spiro atoms. The molecule has 1 aromatic heterocycles. The van der Waals surface area contributed by atoms with Crippen molar-refractivity contribution < 1.29 is 9.90 Å². The summed E-state index contributed by atoms with van der Waals surface area (Å²) in [5.74, 6) is 0.268. The van der Waals surface area contributed by atoms with Crippen molar-refractivity contribution >= 4 is 17.2 Å². The summed E-state index contributed by atoms with van der Waals surface area (Å²) >= 11 is 1.72. The van der Waals surface area contributed by atoms with Crippen LogP contribution in [0.2, 0.25) is 0 Å². The molecule has 24 heavy (non-hydrogen) atoms. The van der Waals surface area contributed by atoms with Crippen LogP contribution in [0, 0.1) is 5.92 Å². The van der Waals surface area contributed by atoms with Gasteiger partial charge in [-0.2, -0.15) is 0 Å². The molecular formula is C19H30N2O2S. The Labute approximate surface area is 149 Å². The second kappa shape index (κ2) is 7.54. The number of hydrogen-bond donors (Lipinski definition) is 2. The third kappa shape index (κ3) is 3.68. The predicted octanol–water partition coefficient (Wildman–Crippen LogP) is 3.33. The summed E-state index contributed by atoms with van der Waals surface area (Å²) in [6.45, 7) is 5.94. The molecule has 2 heterocycles. The molecule has 1 aromatic rings. The largest absolute Gasteiger partial charge is 0.388 e. The van der Waals surface area contributed by atoms with Crippen molar-refractivity contribution in [1.29, 1.82) is 0 Å². The Bertz CT molecular complexity index is 538. The van der Waals surface area contributed by atoms with Crippen LogP contribution >= 0.6 is 11.3 Å². The van der Waals surface area contributed by atoms with Gasteiger partial charge >= 0.3 is 0 Å². The van der Waals surface area contributed by atoms with E-state index in [4.69, 9.17) is 0 Å². The molecule has 1 amide bonds. The second-order valence-corrected chi connectivity index (χ2v) is 8.55. The first-order chi connectivity index (χ1) is 11.5. The normalized spacial score (nSPS) is 32.1. The van der Waals surface area contributed by atoms with Crippen LogP contribution in [-0.4, -0.2) is 40.6 Å². The number of thiophene rings is 1. The number of carbonyl (C=O) groups is 1. The monoisotopic (exact) mass is 350 g/mol. The maximum atomic E-state index is 12.7. The smallest absolute Gasteiger partial charge is 0.223 e. The van der Waals surface area contributed by atoms with Gasteiger partial charge in [-0.25, -0.2) is 0 Å². The van der Waals surface area contributed by atoms with Gasteiger partial charge in [0.25, 0.3) is 0 Å². The third-order valence-corrected chi connectivity index (χ3v) is 6.60. The van der Waals surface area contributed by atoms with E-state index in [1.54, 1.807) is 11.3 Å². The number of aliphatic hydroxyl groups is 1. The lowest BCUT2D eigenvalue weighted by atomic mass is 9.81. The molecule has 1 aliphatic heterocycles. The SMILES string of the molecule is CCCN1CC[C@@](C)(O)[C@@H](NC(=O)C2CCCC2)[C@@H]1c1cccs1. The molecule has 2 aliphatic rings. The van der Waals surface area contributed by atoms with Crippen molar-refractivity contribution in [1.82, 2.24) is 10.2 Å². The van der Waals surface area contributed by atoms with Crippen LogP contribution in [0.4, 0.5) is 0 Å². The van der Waals surface area contributed by atoms with E-state index in [2.05, 4.69) is 34.7 Å². The van der Waals surface area contributed by atoms with Gasteiger partial charge in [-0.15, -0.1) is 11.3 Å². The number of nitrogens with zero attached hydrogens (tertiary/aromatic N) is 1. The molecule has 3 atom stereocenters. The lowest BCUT2D eigenvalue weighted by Gasteiger charge is -2.49. The summed E-state index contributed by atoms with van der Waals surface area (Å²) in [6.07, 6.45) is 6.05. The summed E-state index contributed by atoms with van der Waals surface area (Å²) in [5.41, 5.74) is -0.868. The first-order valence-corrected chi connectivity index (χ1v) is 10.2. The van der Waals surface area contributed by atoms with E-state index < -0.39 is 5.60 Å². The maximum absolute atomic E-state index is 12.7. The molecule has 4 nitrogen and oxygen atoms in total. The Morgan fingerprint density at radius 3 is 2.83 bits per heavy atom. The Kier molecular flexibility index (Phi) is 5.63. The standard InChI is InChI=1S/C19H30N2O2S/c1-3-11-21-12-10-19(2,23)17(16(21)15-9-6-13-24-15)20-18(22)14-7-4-5-8-14/h6,9,13-14,16-17,23H,3-5,7-8,10-12H2,1-2H3,(H,20,22)/t16-,17-,19+/m0/s1. The maximum Gasteiger partial charge on any atom is 0.223 e. The molecule has 1 aliphatic carbocycles. The highest BCUT2D eigenvalue weighted by molar-refractivity contribution is 7.10. The molecule has 1 saturated carbocycles. The van der Waals surface area contributed by atoms with Crippen molar-refractivity contribution in [2.24, 2.45) is 5.92 Å². The van der Waals surface area contributed by atoms with Crippen molar-refractivity contribution in [2.45, 2.75) is 70.1 Å². The van der Waals surface area contributed by atoms with Gasteiger partial charge in [0, 0.05) is 17.3 Å². The number of rotatable bonds is 5. The Balaban J connectivity index is 1.85. The Hall–Kier alpha value is -0.910. The molecule has 0 radical (unpaired) electrons. The van der Waals surface area contributed by atoms with Crippen LogP contribution in [-0.2, 0) is 4.79 Å². The average Bonchev–Trinajstić information content (AvgIpc) is 3.23. The molecule has 1 saturated heterocycles. The highest BCUT2D eigenvalue weighted by atomic mass is 32.1. The topological polar surface area (TPSA) is 52.6 Å². The number of carbonyl (C=O) groups excluding carboxylic acids is 1. The van der Waals surface area contributed by atoms with Crippen LogP contribution in [0.25, 0.3) is 0 Å².